The summed E-state index contributed by atoms with van der Waals surface area (Å²) < 4.78 is 12.9. The molecule has 2 aliphatic rings. The minimum absolute atomic E-state index is 0.0451. The third-order valence-corrected chi connectivity index (χ3v) is 3.72. The van der Waals surface area contributed by atoms with Crippen molar-refractivity contribution in [3.05, 3.63) is 30.1 Å². The van der Waals surface area contributed by atoms with E-state index in [1.807, 2.05) is 0 Å². The number of nitrogens with one attached hydrogen (secondary N) is 1. The van der Waals surface area contributed by atoms with E-state index in [9.17, 15) is 18.8 Å². The van der Waals surface area contributed by atoms with Gasteiger partial charge in [0.1, 0.15) is 5.82 Å². The molecule has 0 bridgehead atoms. The Balaban J connectivity index is 1.81. The Hall–Kier alpha value is -2.28. The predicted molar refractivity (Wildman–Crippen MR) is 71.9 cm³/mol. The van der Waals surface area contributed by atoms with Gasteiger partial charge in [-0.15, -0.1) is 0 Å². The molecule has 21 heavy (non-hydrogen) atoms. The fourth-order valence-electron chi connectivity index (χ4n) is 2.69. The third-order valence-electron chi connectivity index (χ3n) is 3.72. The SMILES string of the molecule is O=C1CN(C2CC(=O)N(c3ccc(F)cc3)C2=O)CCN1. The van der Waals surface area contributed by atoms with E-state index in [-0.39, 0.29) is 30.7 Å². The van der Waals surface area contributed by atoms with E-state index in [1.165, 1.54) is 24.3 Å². The Labute approximate surface area is 120 Å². The molecule has 2 heterocycles. The highest BCUT2D eigenvalue weighted by Crippen LogP contribution is 2.26. The van der Waals surface area contributed by atoms with Crippen molar-refractivity contribution in [2.45, 2.75) is 12.5 Å². The van der Waals surface area contributed by atoms with E-state index in [4.69, 9.17) is 0 Å². The van der Waals surface area contributed by atoms with Gasteiger partial charge < -0.3 is 5.32 Å². The molecule has 2 aliphatic heterocycles. The highest BCUT2D eigenvalue weighted by molar-refractivity contribution is 6.22. The van der Waals surface area contributed by atoms with Gasteiger partial charge in [-0.2, -0.15) is 0 Å². The second-order valence-electron chi connectivity index (χ2n) is 5.08. The Bertz CT molecular complexity index is 602. The van der Waals surface area contributed by atoms with Gasteiger partial charge in [0.15, 0.2) is 0 Å². The van der Waals surface area contributed by atoms with Crippen LogP contribution in [0.1, 0.15) is 6.42 Å². The summed E-state index contributed by atoms with van der Waals surface area (Å²) in [5, 5.41) is 2.68. The first kappa shape index (κ1) is 13.7. The summed E-state index contributed by atoms with van der Waals surface area (Å²) in [5.74, 6) is -1.27. The van der Waals surface area contributed by atoms with E-state index < -0.39 is 11.9 Å². The summed E-state index contributed by atoms with van der Waals surface area (Å²) in [6, 6.07) is 4.59. The van der Waals surface area contributed by atoms with Gasteiger partial charge in [0.25, 0.3) is 5.91 Å². The Morgan fingerprint density at radius 2 is 1.86 bits per heavy atom. The monoisotopic (exact) mass is 291 g/mol. The van der Waals surface area contributed by atoms with Crippen molar-refractivity contribution in [2.75, 3.05) is 24.5 Å². The largest absolute Gasteiger partial charge is 0.354 e. The Morgan fingerprint density at radius 1 is 1.14 bits per heavy atom. The Morgan fingerprint density at radius 3 is 2.52 bits per heavy atom. The summed E-state index contributed by atoms with van der Waals surface area (Å²) in [6.07, 6.45) is 0.0451. The van der Waals surface area contributed by atoms with Crippen LogP contribution in [0.3, 0.4) is 0 Å². The van der Waals surface area contributed by atoms with Crippen molar-refractivity contribution in [3.63, 3.8) is 0 Å². The average molecular weight is 291 g/mol. The molecule has 7 heteroatoms. The van der Waals surface area contributed by atoms with Crippen LogP contribution in [0.15, 0.2) is 24.3 Å². The number of rotatable bonds is 2. The van der Waals surface area contributed by atoms with Crippen LogP contribution in [0.2, 0.25) is 0 Å². The van der Waals surface area contributed by atoms with Crippen molar-refractivity contribution in [1.82, 2.24) is 10.2 Å². The molecule has 0 aromatic heterocycles. The lowest BCUT2D eigenvalue weighted by Crippen LogP contribution is -2.53. The van der Waals surface area contributed by atoms with Crippen LogP contribution < -0.4 is 10.2 Å². The molecule has 1 unspecified atom stereocenters. The molecule has 0 spiro atoms. The number of carbonyl (C=O) groups is 3. The number of benzene rings is 1. The zero-order valence-electron chi connectivity index (χ0n) is 11.2. The lowest BCUT2D eigenvalue weighted by Gasteiger charge is -2.30. The van der Waals surface area contributed by atoms with Crippen molar-refractivity contribution >= 4 is 23.4 Å². The van der Waals surface area contributed by atoms with Crippen LogP contribution >= 0.6 is 0 Å². The van der Waals surface area contributed by atoms with Gasteiger partial charge in [-0.05, 0) is 24.3 Å². The normalized spacial score (nSPS) is 23.6. The molecule has 1 aromatic carbocycles. The minimum atomic E-state index is -0.617. The fraction of sp³-hybridized carbons (Fsp3) is 0.357. The third kappa shape index (κ3) is 2.52. The number of piperazine rings is 1. The summed E-state index contributed by atoms with van der Waals surface area (Å²) >= 11 is 0. The van der Waals surface area contributed by atoms with Gasteiger partial charge in [0.2, 0.25) is 11.8 Å². The number of nitrogens with zero attached hydrogens (tertiary/aromatic N) is 2. The van der Waals surface area contributed by atoms with Crippen LogP contribution in [0, 0.1) is 5.82 Å². The molecule has 6 nitrogen and oxygen atoms in total. The van der Waals surface area contributed by atoms with E-state index in [2.05, 4.69) is 5.32 Å². The molecule has 1 aromatic rings. The van der Waals surface area contributed by atoms with Gasteiger partial charge in [-0.3, -0.25) is 19.3 Å². The van der Waals surface area contributed by atoms with Gasteiger partial charge in [0.05, 0.1) is 24.7 Å². The average Bonchev–Trinajstić information content (AvgIpc) is 2.75. The van der Waals surface area contributed by atoms with Crippen LogP contribution in [-0.4, -0.2) is 48.3 Å². The van der Waals surface area contributed by atoms with E-state index in [0.29, 0.717) is 18.8 Å². The number of carbonyl (C=O) groups excluding carboxylic acids is 3. The molecule has 2 saturated heterocycles. The number of amides is 3. The zero-order valence-corrected chi connectivity index (χ0v) is 11.2. The fourth-order valence-corrected chi connectivity index (χ4v) is 2.69. The molecular weight excluding hydrogens is 277 g/mol. The maximum absolute atomic E-state index is 12.9. The summed E-state index contributed by atoms with van der Waals surface area (Å²) in [5.41, 5.74) is 0.357. The maximum atomic E-state index is 12.9. The van der Waals surface area contributed by atoms with Gasteiger partial charge in [-0.1, -0.05) is 0 Å². The first-order valence-corrected chi connectivity index (χ1v) is 6.69. The lowest BCUT2D eigenvalue weighted by molar-refractivity contribution is -0.128. The minimum Gasteiger partial charge on any atom is -0.354 e. The number of anilines is 1. The van der Waals surface area contributed by atoms with E-state index in [0.717, 1.165) is 4.90 Å². The van der Waals surface area contributed by atoms with Crippen molar-refractivity contribution in [2.24, 2.45) is 0 Å². The summed E-state index contributed by atoms with van der Waals surface area (Å²) in [4.78, 5) is 38.7. The maximum Gasteiger partial charge on any atom is 0.251 e. The smallest absolute Gasteiger partial charge is 0.251 e. The Kier molecular flexibility index (Phi) is 3.42. The number of imide groups is 1. The van der Waals surface area contributed by atoms with Crippen LogP contribution in [0.25, 0.3) is 0 Å². The molecule has 0 aliphatic carbocycles. The van der Waals surface area contributed by atoms with Crippen LogP contribution in [0.5, 0.6) is 0 Å². The van der Waals surface area contributed by atoms with Gasteiger partial charge in [-0.25, -0.2) is 9.29 Å². The molecule has 0 saturated carbocycles. The molecule has 0 radical (unpaired) electrons. The summed E-state index contributed by atoms with van der Waals surface area (Å²) in [7, 11) is 0. The molecular formula is C14H14FN3O3. The topological polar surface area (TPSA) is 69.7 Å². The molecule has 1 atom stereocenters. The highest BCUT2D eigenvalue weighted by Gasteiger charge is 2.43. The quantitative estimate of drug-likeness (QED) is 0.772. The van der Waals surface area contributed by atoms with Crippen molar-refractivity contribution in [1.29, 1.82) is 0 Å². The van der Waals surface area contributed by atoms with Gasteiger partial charge >= 0.3 is 0 Å². The van der Waals surface area contributed by atoms with Crippen LogP contribution in [0.4, 0.5) is 10.1 Å². The number of halogens is 1. The highest BCUT2D eigenvalue weighted by atomic mass is 19.1. The second-order valence-corrected chi connectivity index (χ2v) is 5.08. The molecule has 3 amide bonds. The molecule has 3 rings (SSSR count). The van der Waals surface area contributed by atoms with Gasteiger partial charge in [0, 0.05) is 13.1 Å². The van der Waals surface area contributed by atoms with Crippen molar-refractivity contribution in [3.8, 4) is 0 Å². The van der Waals surface area contributed by atoms with Crippen LogP contribution in [-0.2, 0) is 14.4 Å². The second kappa shape index (κ2) is 5.25. The number of hydrogen-bond donors (Lipinski definition) is 1. The summed E-state index contributed by atoms with van der Waals surface area (Å²) in [6.45, 7) is 1.11. The van der Waals surface area contributed by atoms with Crippen molar-refractivity contribution < 1.29 is 18.8 Å². The molecule has 110 valence electrons. The zero-order chi connectivity index (χ0) is 15.0. The first-order valence-electron chi connectivity index (χ1n) is 6.69. The number of hydrogen-bond acceptors (Lipinski definition) is 4. The van der Waals surface area contributed by atoms with E-state index in [1.54, 1.807) is 4.90 Å². The predicted octanol–water partition coefficient (Wildman–Crippen LogP) is -0.111. The first-order chi connectivity index (χ1) is 10.1. The molecule has 1 N–H and O–H groups in total. The van der Waals surface area contributed by atoms with E-state index >= 15 is 0 Å². The standard InChI is InChI=1S/C14H14FN3O3/c15-9-1-3-10(4-2-9)18-13(20)7-11(14(18)21)17-6-5-16-12(19)8-17/h1-4,11H,5-8H2,(H,16,19). The lowest BCUT2D eigenvalue weighted by atomic mass is 10.2. The molecule has 2 fully saturated rings.